The summed E-state index contributed by atoms with van der Waals surface area (Å²) in [7, 11) is 0. The van der Waals surface area contributed by atoms with Gasteiger partial charge >= 0.3 is 0 Å². The quantitative estimate of drug-likeness (QED) is 0.832. The zero-order valence-electron chi connectivity index (χ0n) is 11.8. The van der Waals surface area contributed by atoms with Crippen LogP contribution in [0.2, 0.25) is 0 Å². The molecule has 2 saturated heterocycles. The number of likely N-dealkylation sites (tertiary alicyclic amines) is 1. The SMILES string of the molecule is c1cc(CN2CC3(C[C@@H](OCC4CC4)CS3)C2)ccn1. The lowest BCUT2D eigenvalue weighted by Crippen LogP contribution is -2.58. The summed E-state index contributed by atoms with van der Waals surface area (Å²) < 4.78 is 6.57. The second-order valence-electron chi connectivity index (χ2n) is 6.60. The third-order valence-electron chi connectivity index (χ3n) is 4.62. The first-order valence-corrected chi connectivity index (χ1v) is 8.67. The normalized spacial score (nSPS) is 28.7. The largest absolute Gasteiger partial charge is 0.377 e. The van der Waals surface area contributed by atoms with Crippen LogP contribution in [0.4, 0.5) is 0 Å². The van der Waals surface area contributed by atoms with Crippen LogP contribution in [0.5, 0.6) is 0 Å². The van der Waals surface area contributed by atoms with E-state index < -0.39 is 0 Å². The molecular formula is C16H22N2OS. The Labute approximate surface area is 125 Å². The minimum Gasteiger partial charge on any atom is -0.377 e. The van der Waals surface area contributed by atoms with Crippen molar-refractivity contribution in [1.29, 1.82) is 0 Å². The van der Waals surface area contributed by atoms with Crippen molar-refractivity contribution < 1.29 is 4.74 Å². The second kappa shape index (κ2) is 5.32. The van der Waals surface area contributed by atoms with Gasteiger partial charge in [-0.05, 0) is 42.9 Å². The number of thioether (sulfide) groups is 1. The van der Waals surface area contributed by atoms with E-state index in [9.17, 15) is 0 Å². The van der Waals surface area contributed by atoms with Gasteiger partial charge in [-0.2, -0.15) is 0 Å². The molecule has 3 aliphatic rings. The molecule has 0 radical (unpaired) electrons. The molecule has 108 valence electrons. The first kappa shape index (κ1) is 13.1. The van der Waals surface area contributed by atoms with Crippen molar-refractivity contribution in [2.75, 3.05) is 25.4 Å². The Hall–Kier alpha value is -0.580. The van der Waals surface area contributed by atoms with Crippen LogP contribution in [0, 0.1) is 5.92 Å². The number of hydrogen-bond donors (Lipinski definition) is 0. The number of rotatable bonds is 5. The van der Waals surface area contributed by atoms with Crippen molar-refractivity contribution in [3.05, 3.63) is 30.1 Å². The van der Waals surface area contributed by atoms with Gasteiger partial charge in [0, 0.05) is 49.1 Å². The van der Waals surface area contributed by atoms with E-state index >= 15 is 0 Å². The molecule has 1 saturated carbocycles. The molecule has 1 spiro atoms. The van der Waals surface area contributed by atoms with Crippen molar-refractivity contribution in [3.63, 3.8) is 0 Å². The van der Waals surface area contributed by atoms with Crippen LogP contribution in [-0.2, 0) is 11.3 Å². The molecule has 1 aliphatic carbocycles. The van der Waals surface area contributed by atoms with Crippen molar-refractivity contribution in [2.45, 2.75) is 36.7 Å². The van der Waals surface area contributed by atoms with Gasteiger partial charge in [0.2, 0.25) is 0 Å². The fourth-order valence-corrected chi connectivity index (χ4v) is 4.92. The molecule has 1 aromatic heterocycles. The van der Waals surface area contributed by atoms with E-state index in [1.54, 1.807) is 0 Å². The molecule has 3 fully saturated rings. The Morgan fingerprint density at radius 3 is 2.85 bits per heavy atom. The molecule has 1 atom stereocenters. The lowest BCUT2D eigenvalue weighted by Gasteiger charge is -2.47. The van der Waals surface area contributed by atoms with E-state index in [1.165, 1.54) is 43.7 Å². The van der Waals surface area contributed by atoms with Gasteiger partial charge in [0.15, 0.2) is 0 Å². The number of aromatic nitrogens is 1. The predicted molar refractivity (Wildman–Crippen MR) is 81.8 cm³/mol. The highest BCUT2D eigenvalue weighted by atomic mass is 32.2. The Kier molecular flexibility index (Phi) is 3.49. The summed E-state index contributed by atoms with van der Waals surface area (Å²) in [5.41, 5.74) is 1.37. The smallest absolute Gasteiger partial charge is 0.0680 e. The van der Waals surface area contributed by atoms with Crippen molar-refractivity contribution >= 4 is 11.8 Å². The average Bonchev–Trinajstić information content (AvgIpc) is 3.17. The lowest BCUT2D eigenvalue weighted by atomic mass is 9.92. The first-order chi connectivity index (χ1) is 9.81. The van der Waals surface area contributed by atoms with Crippen LogP contribution in [-0.4, -0.2) is 46.2 Å². The fourth-order valence-electron chi connectivity index (χ4n) is 3.31. The number of hydrogen-bond acceptors (Lipinski definition) is 4. The molecule has 4 rings (SSSR count). The summed E-state index contributed by atoms with van der Waals surface area (Å²) in [4.78, 5) is 6.63. The maximum atomic E-state index is 6.06. The van der Waals surface area contributed by atoms with Crippen LogP contribution in [0.1, 0.15) is 24.8 Å². The van der Waals surface area contributed by atoms with Gasteiger partial charge in [0.05, 0.1) is 6.10 Å². The Morgan fingerprint density at radius 2 is 2.10 bits per heavy atom. The van der Waals surface area contributed by atoms with Gasteiger partial charge in [-0.1, -0.05) is 0 Å². The molecular weight excluding hydrogens is 268 g/mol. The lowest BCUT2D eigenvalue weighted by molar-refractivity contribution is 0.0305. The summed E-state index contributed by atoms with van der Waals surface area (Å²) in [5, 5.41) is 0. The van der Waals surface area contributed by atoms with Crippen LogP contribution in [0.15, 0.2) is 24.5 Å². The van der Waals surface area contributed by atoms with Gasteiger partial charge in [0.1, 0.15) is 0 Å². The predicted octanol–water partition coefficient (Wildman–Crippen LogP) is 2.57. The third kappa shape index (κ3) is 2.87. The Balaban J connectivity index is 1.23. The van der Waals surface area contributed by atoms with Gasteiger partial charge in [-0.25, -0.2) is 0 Å². The molecule has 2 aliphatic heterocycles. The first-order valence-electron chi connectivity index (χ1n) is 7.68. The van der Waals surface area contributed by atoms with E-state index in [-0.39, 0.29) is 0 Å². The van der Waals surface area contributed by atoms with E-state index in [4.69, 9.17) is 4.74 Å². The molecule has 20 heavy (non-hydrogen) atoms. The summed E-state index contributed by atoms with van der Waals surface area (Å²) in [6, 6.07) is 4.24. The minimum atomic E-state index is 0.501. The molecule has 3 nitrogen and oxygen atoms in total. The highest BCUT2D eigenvalue weighted by Crippen LogP contribution is 2.46. The van der Waals surface area contributed by atoms with Crippen LogP contribution >= 0.6 is 11.8 Å². The average molecular weight is 290 g/mol. The van der Waals surface area contributed by atoms with Crippen LogP contribution < -0.4 is 0 Å². The highest BCUT2D eigenvalue weighted by Gasteiger charge is 2.49. The summed E-state index contributed by atoms with van der Waals surface area (Å²) >= 11 is 2.15. The molecule has 0 aromatic carbocycles. The molecule has 1 aromatic rings. The Bertz CT molecular complexity index is 457. The van der Waals surface area contributed by atoms with Gasteiger partial charge in [-0.3, -0.25) is 9.88 Å². The molecule has 0 amide bonds. The molecule has 0 unspecified atom stereocenters. The number of pyridine rings is 1. The maximum Gasteiger partial charge on any atom is 0.0680 e. The van der Waals surface area contributed by atoms with E-state index in [1.807, 2.05) is 12.4 Å². The molecule has 4 heteroatoms. The Morgan fingerprint density at radius 1 is 1.30 bits per heavy atom. The third-order valence-corrected chi connectivity index (χ3v) is 6.19. The standard InChI is InChI=1S/C16H22N2OS/c1-2-14(1)9-19-15-7-16(20-10-15)11-18(12-16)8-13-3-5-17-6-4-13/h3-6,14-15H,1-2,7-12H2/t15-/m1/s1. The fraction of sp³-hybridized carbons (Fsp3) is 0.688. The summed E-state index contributed by atoms with van der Waals surface area (Å²) in [6.45, 7) is 4.53. The summed E-state index contributed by atoms with van der Waals surface area (Å²) in [6.07, 6.45) is 8.34. The molecule has 3 heterocycles. The maximum absolute atomic E-state index is 6.06. The monoisotopic (exact) mass is 290 g/mol. The van der Waals surface area contributed by atoms with E-state index in [2.05, 4.69) is 33.8 Å². The highest BCUT2D eigenvalue weighted by molar-refractivity contribution is 8.01. The van der Waals surface area contributed by atoms with Gasteiger partial charge < -0.3 is 4.74 Å². The zero-order chi connectivity index (χ0) is 13.4. The number of nitrogens with zero attached hydrogens (tertiary/aromatic N) is 2. The minimum absolute atomic E-state index is 0.501. The van der Waals surface area contributed by atoms with Gasteiger partial charge in [-0.15, -0.1) is 11.8 Å². The van der Waals surface area contributed by atoms with Crippen LogP contribution in [0.3, 0.4) is 0 Å². The van der Waals surface area contributed by atoms with E-state index in [0.717, 1.165) is 19.1 Å². The topological polar surface area (TPSA) is 25.4 Å². The number of ether oxygens (including phenoxy) is 1. The second-order valence-corrected chi connectivity index (χ2v) is 8.09. The van der Waals surface area contributed by atoms with E-state index in [0.29, 0.717) is 10.9 Å². The zero-order valence-corrected chi connectivity index (χ0v) is 12.6. The molecule has 0 bridgehead atoms. The molecule has 0 N–H and O–H groups in total. The van der Waals surface area contributed by atoms with Gasteiger partial charge in [0.25, 0.3) is 0 Å². The van der Waals surface area contributed by atoms with Crippen molar-refractivity contribution in [2.24, 2.45) is 5.92 Å². The summed E-state index contributed by atoms with van der Waals surface area (Å²) in [5.74, 6) is 2.09. The van der Waals surface area contributed by atoms with Crippen molar-refractivity contribution in [3.8, 4) is 0 Å². The van der Waals surface area contributed by atoms with Crippen molar-refractivity contribution in [1.82, 2.24) is 9.88 Å². The van der Waals surface area contributed by atoms with Crippen LogP contribution in [0.25, 0.3) is 0 Å².